The van der Waals surface area contributed by atoms with Gasteiger partial charge in [0, 0.05) is 39.0 Å². The first kappa shape index (κ1) is 20.4. The number of pyridine rings is 1. The molecule has 2 heterocycles. The van der Waals surface area contributed by atoms with Gasteiger partial charge in [-0.1, -0.05) is 19.6 Å². The second-order valence-electron chi connectivity index (χ2n) is 8.72. The molecule has 0 aliphatic rings. The highest BCUT2D eigenvalue weighted by atomic mass is 28.3. The number of nitrogens with zero attached hydrogens (tertiary/aromatic N) is 2. The number of amides is 1. The zero-order chi connectivity index (χ0) is 19.4. The van der Waals surface area contributed by atoms with Gasteiger partial charge in [0.1, 0.15) is 12.3 Å². The third-order valence-electron chi connectivity index (χ3n) is 3.83. The molecule has 2 aromatic rings. The molecule has 6 nitrogen and oxygen atoms in total. The van der Waals surface area contributed by atoms with Gasteiger partial charge in [-0.3, -0.25) is 4.98 Å². The lowest BCUT2D eigenvalue weighted by molar-refractivity contribution is 0.0523. The van der Waals surface area contributed by atoms with Gasteiger partial charge in [-0.25, -0.2) is 4.79 Å². The molecule has 0 aromatic carbocycles. The molecule has 144 valence electrons. The van der Waals surface area contributed by atoms with Crippen LogP contribution in [0.2, 0.25) is 25.7 Å². The van der Waals surface area contributed by atoms with Crippen molar-refractivity contribution >= 4 is 25.1 Å². The lowest BCUT2D eigenvalue weighted by atomic mass is 10.2. The van der Waals surface area contributed by atoms with Crippen molar-refractivity contribution in [2.45, 2.75) is 65.3 Å². The minimum atomic E-state index is -1.08. The Bertz CT molecular complexity index is 745. The highest BCUT2D eigenvalue weighted by Gasteiger charge is 2.16. The Kier molecular flexibility index (Phi) is 6.47. The maximum Gasteiger partial charge on any atom is 0.407 e. The monoisotopic (exact) mass is 377 g/mol. The number of hydrogen-bond acceptors (Lipinski definition) is 4. The lowest BCUT2D eigenvalue weighted by Gasteiger charge is -2.19. The van der Waals surface area contributed by atoms with E-state index >= 15 is 0 Å². The van der Waals surface area contributed by atoms with Crippen LogP contribution in [-0.2, 0) is 22.7 Å². The van der Waals surface area contributed by atoms with Crippen LogP contribution in [0.4, 0.5) is 4.79 Å². The van der Waals surface area contributed by atoms with E-state index in [2.05, 4.69) is 29.9 Å². The molecule has 0 atom stereocenters. The summed E-state index contributed by atoms with van der Waals surface area (Å²) in [6, 6.07) is 3.18. The van der Waals surface area contributed by atoms with E-state index in [1.165, 1.54) is 0 Å². The van der Waals surface area contributed by atoms with Gasteiger partial charge in [-0.15, -0.1) is 0 Å². The predicted molar refractivity (Wildman–Crippen MR) is 107 cm³/mol. The summed E-state index contributed by atoms with van der Waals surface area (Å²) in [6.45, 7) is 14.2. The van der Waals surface area contributed by atoms with Gasteiger partial charge in [0.05, 0.1) is 11.7 Å². The van der Waals surface area contributed by atoms with Gasteiger partial charge >= 0.3 is 6.09 Å². The van der Waals surface area contributed by atoms with Gasteiger partial charge in [0.2, 0.25) is 0 Å². The van der Waals surface area contributed by atoms with Crippen molar-refractivity contribution in [1.29, 1.82) is 0 Å². The average molecular weight is 378 g/mol. The molecule has 0 saturated carbocycles. The molecule has 2 rings (SSSR count). The van der Waals surface area contributed by atoms with E-state index in [1.807, 2.05) is 43.8 Å². The molecule has 0 spiro atoms. The van der Waals surface area contributed by atoms with Crippen LogP contribution in [0.1, 0.15) is 26.3 Å². The normalized spacial score (nSPS) is 12.4. The van der Waals surface area contributed by atoms with Crippen LogP contribution in [0, 0.1) is 0 Å². The van der Waals surface area contributed by atoms with Crippen LogP contribution in [-0.4, -0.2) is 35.9 Å². The zero-order valence-corrected chi connectivity index (χ0v) is 17.8. The van der Waals surface area contributed by atoms with E-state index in [1.54, 1.807) is 6.20 Å². The molecule has 0 bridgehead atoms. The van der Waals surface area contributed by atoms with E-state index in [0.717, 1.165) is 29.1 Å². The minimum Gasteiger partial charge on any atom is -0.444 e. The number of carbonyl (C=O) groups is 1. The van der Waals surface area contributed by atoms with Crippen molar-refractivity contribution < 1.29 is 14.3 Å². The Balaban J connectivity index is 1.98. The molecule has 1 amide bonds. The summed E-state index contributed by atoms with van der Waals surface area (Å²) in [5.41, 5.74) is 1.45. The first-order valence-corrected chi connectivity index (χ1v) is 12.7. The zero-order valence-electron chi connectivity index (χ0n) is 16.8. The molecule has 0 aliphatic carbocycles. The van der Waals surface area contributed by atoms with Crippen molar-refractivity contribution in [3.05, 3.63) is 30.2 Å². The Morgan fingerprint density at radius 2 is 2.00 bits per heavy atom. The number of carbonyl (C=O) groups excluding carboxylic acids is 1. The Labute approximate surface area is 156 Å². The lowest BCUT2D eigenvalue weighted by Crippen LogP contribution is -2.32. The summed E-state index contributed by atoms with van der Waals surface area (Å²) in [5, 5.41) is 3.85. The van der Waals surface area contributed by atoms with E-state index < -0.39 is 19.8 Å². The van der Waals surface area contributed by atoms with Crippen molar-refractivity contribution in [3.63, 3.8) is 0 Å². The maximum atomic E-state index is 11.9. The quantitative estimate of drug-likeness (QED) is 0.575. The second kappa shape index (κ2) is 8.22. The molecule has 0 aliphatic heterocycles. The number of nitrogens with one attached hydrogen (secondary N) is 1. The largest absolute Gasteiger partial charge is 0.444 e. The van der Waals surface area contributed by atoms with Gasteiger partial charge in [0.25, 0.3) is 0 Å². The highest BCUT2D eigenvalue weighted by molar-refractivity contribution is 6.76. The summed E-state index contributed by atoms with van der Waals surface area (Å²) in [6.07, 6.45) is 5.17. The fourth-order valence-electron chi connectivity index (χ4n) is 2.44. The van der Waals surface area contributed by atoms with Crippen LogP contribution in [0.25, 0.3) is 10.9 Å². The van der Waals surface area contributed by atoms with Gasteiger partial charge in [-0.05, 0) is 38.4 Å². The average Bonchev–Trinajstić information content (AvgIpc) is 2.90. The molecule has 0 fully saturated rings. The summed E-state index contributed by atoms with van der Waals surface area (Å²) in [7, 11) is -1.08. The smallest absolute Gasteiger partial charge is 0.407 e. The Hall–Kier alpha value is -1.86. The van der Waals surface area contributed by atoms with Gasteiger partial charge in [-0.2, -0.15) is 0 Å². The van der Waals surface area contributed by atoms with Gasteiger partial charge in [0.15, 0.2) is 0 Å². The number of fused-ring (bicyclic) bond motifs is 1. The third kappa shape index (κ3) is 6.46. The maximum absolute atomic E-state index is 11.9. The molecule has 0 unspecified atom stereocenters. The van der Waals surface area contributed by atoms with Crippen molar-refractivity contribution in [2.24, 2.45) is 0 Å². The SMILES string of the molecule is CC(C)(C)OC(=O)NCc1cncc2c1ccn2COCC[Si](C)(C)C. The summed E-state index contributed by atoms with van der Waals surface area (Å²) >= 11 is 0. The standard InChI is InChI=1S/C19H31N3O3Si/c1-19(2,3)25-18(23)21-12-15-11-20-13-17-16(15)7-8-22(17)14-24-9-10-26(4,5)6/h7-8,11,13H,9-10,12,14H2,1-6H3,(H,21,23). The fraction of sp³-hybridized carbons (Fsp3) is 0.579. The molecule has 2 aromatic heterocycles. The Morgan fingerprint density at radius 1 is 1.27 bits per heavy atom. The van der Waals surface area contributed by atoms with Crippen LogP contribution >= 0.6 is 0 Å². The van der Waals surface area contributed by atoms with Crippen LogP contribution < -0.4 is 5.32 Å². The second-order valence-corrected chi connectivity index (χ2v) is 14.3. The number of ether oxygens (including phenoxy) is 2. The minimum absolute atomic E-state index is 0.375. The number of rotatable bonds is 7. The van der Waals surface area contributed by atoms with Crippen LogP contribution in [0.3, 0.4) is 0 Å². The van der Waals surface area contributed by atoms with E-state index in [4.69, 9.17) is 9.47 Å². The molecule has 0 radical (unpaired) electrons. The van der Waals surface area contributed by atoms with Crippen LogP contribution in [0.15, 0.2) is 24.7 Å². The molecular weight excluding hydrogens is 346 g/mol. The number of hydrogen-bond donors (Lipinski definition) is 1. The van der Waals surface area contributed by atoms with Crippen molar-refractivity contribution in [1.82, 2.24) is 14.9 Å². The molecule has 0 saturated heterocycles. The van der Waals surface area contributed by atoms with Crippen molar-refractivity contribution in [2.75, 3.05) is 6.61 Å². The van der Waals surface area contributed by atoms with E-state index in [9.17, 15) is 4.79 Å². The van der Waals surface area contributed by atoms with Gasteiger partial charge < -0.3 is 19.4 Å². The predicted octanol–water partition coefficient (Wildman–Crippen LogP) is 4.37. The molecule has 1 N–H and O–H groups in total. The first-order chi connectivity index (χ1) is 12.1. The molecular formula is C19H31N3O3Si. The third-order valence-corrected chi connectivity index (χ3v) is 5.53. The fourth-order valence-corrected chi connectivity index (χ4v) is 3.20. The first-order valence-electron chi connectivity index (χ1n) is 9.01. The molecule has 26 heavy (non-hydrogen) atoms. The summed E-state index contributed by atoms with van der Waals surface area (Å²) < 4.78 is 13.2. The van der Waals surface area contributed by atoms with Crippen LogP contribution in [0.5, 0.6) is 0 Å². The summed E-state index contributed by atoms with van der Waals surface area (Å²) in [5.74, 6) is 0. The number of aromatic nitrogens is 2. The summed E-state index contributed by atoms with van der Waals surface area (Å²) in [4.78, 5) is 16.2. The van der Waals surface area contributed by atoms with Crippen molar-refractivity contribution in [3.8, 4) is 0 Å². The topological polar surface area (TPSA) is 65.4 Å². The highest BCUT2D eigenvalue weighted by Crippen LogP contribution is 2.19. The Morgan fingerprint density at radius 3 is 2.65 bits per heavy atom. The number of alkyl carbamates (subject to hydrolysis) is 1. The van der Waals surface area contributed by atoms with E-state index in [-0.39, 0.29) is 0 Å². The molecule has 7 heteroatoms. The van der Waals surface area contributed by atoms with E-state index in [0.29, 0.717) is 13.3 Å².